The maximum atomic E-state index is 2.48. The first-order valence-electron chi connectivity index (χ1n) is 9.75. The van der Waals surface area contributed by atoms with Gasteiger partial charge < -0.3 is 4.90 Å². The fourth-order valence-corrected chi connectivity index (χ4v) is 4.03. The number of hydrogen-bond donors (Lipinski definition) is 0. The molecule has 1 heterocycles. The summed E-state index contributed by atoms with van der Waals surface area (Å²) in [4.78, 5) is 2.48. The van der Waals surface area contributed by atoms with E-state index in [0.717, 1.165) is 23.7 Å². The van der Waals surface area contributed by atoms with Crippen LogP contribution in [-0.2, 0) is 0 Å². The Morgan fingerprint density at radius 3 is 1.86 bits per heavy atom. The summed E-state index contributed by atoms with van der Waals surface area (Å²) in [7, 11) is 2.25. The molecule has 0 radical (unpaired) electrons. The molecule has 0 N–H and O–H groups in total. The van der Waals surface area contributed by atoms with E-state index in [1.807, 2.05) is 13.8 Å². The van der Waals surface area contributed by atoms with Gasteiger partial charge in [0.25, 0.3) is 0 Å². The summed E-state index contributed by atoms with van der Waals surface area (Å²) >= 11 is 0. The first kappa shape index (κ1) is 24.6. The molecule has 2 heteroatoms. The Hall–Kier alpha value is 0.310. The van der Waals surface area contributed by atoms with Crippen LogP contribution in [0.25, 0.3) is 0 Å². The van der Waals surface area contributed by atoms with E-state index >= 15 is 0 Å². The Morgan fingerprint density at radius 2 is 1.50 bits per heavy atom. The third-order valence-electron chi connectivity index (χ3n) is 4.99. The maximum absolute atomic E-state index is 2.48. The minimum Gasteiger partial charge on any atom is -0.306 e. The molecule has 0 bridgehead atoms. The van der Waals surface area contributed by atoms with Crippen molar-refractivity contribution < 1.29 is 0 Å². The predicted octanol–water partition coefficient (Wildman–Crippen LogP) is 6.35. The smallest absolute Gasteiger partial charge is 0.000985 e. The summed E-state index contributed by atoms with van der Waals surface area (Å²) in [6.07, 6.45) is 10.1. The fraction of sp³-hybridized carbons (Fsp3) is 1.00. The molecule has 0 aromatic rings. The molecule has 1 aliphatic carbocycles. The van der Waals surface area contributed by atoms with Crippen molar-refractivity contribution in [3.63, 3.8) is 0 Å². The second-order valence-electron chi connectivity index (χ2n) is 7.36. The van der Waals surface area contributed by atoms with Gasteiger partial charge in [0.15, 0.2) is 0 Å². The highest BCUT2D eigenvalue weighted by Gasteiger charge is 2.33. The Morgan fingerprint density at radius 1 is 1.00 bits per heavy atom. The van der Waals surface area contributed by atoms with E-state index in [0.29, 0.717) is 0 Å². The highest BCUT2D eigenvalue weighted by atomic mass is 32.1. The van der Waals surface area contributed by atoms with Gasteiger partial charge in [-0.3, -0.25) is 0 Å². The molecular weight excluding hydrogens is 286 g/mol. The maximum Gasteiger partial charge on any atom is 0.000985 e. The molecule has 1 nitrogen and oxygen atoms in total. The van der Waals surface area contributed by atoms with Crippen LogP contribution >= 0.6 is 13.5 Å². The summed E-state index contributed by atoms with van der Waals surface area (Å²) in [6.45, 7) is 16.0. The summed E-state index contributed by atoms with van der Waals surface area (Å²) in [5, 5.41) is 0. The Kier molecular flexibility index (Phi) is 16.6. The molecule has 3 unspecified atom stereocenters. The second kappa shape index (κ2) is 14.9. The van der Waals surface area contributed by atoms with Gasteiger partial charge in [0, 0.05) is 13.1 Å². The molecule has 1 aliphatic heterocycles. The van der Waals surface area contributed by atoms with Crippen LogP contribution in [0, 0.1) is 23.7 Å². The van der Waals surface area contributed by atoms with Crippen molar-refractivity contribution in [3.05, 3.63) is 0 Å². The third kappa shape index (κ3) is 10.2. The summed E-state index contributed by atoms with van der Waals surface area (Å²) in [6, 6.07) is 0. The van der Waals surface area contributed by atoms with Gasteiger partial charge >= 0.3 is 0 Å². The third-order valence-corrected chi connectivity index (χ3v) is 4.99. The largest absolute Gasteiger partial charge is 0.306 e. The Bertz CT molecular complexity index is 218. The van der Waals surface area contributed by atoms with Crippen LogP contribution in [0.4, 0.5) is 0 Å². The molecule has 0 aromatic carbocycles. The van der Waals surface area contributed by atoms with Crippen LogP contribution in [-0.4, -0.2) is 25.0 Å². The predicted molar refractivity (Wildman–Crippen MR) is 108 cm³/mol. The van der Waals surface area contributed by atoms with Crippen LogP contribution < -0.4 is 0 Å². The zero-order valence-electron chi connectivity index (χ0n) is 16.6. The monoisotopic (exact) mass is 331 g/mol. The minimum absolute atomic E-state index is 0. The summed E-state index contributed by atoms with van der Waals surface area (Å²) in [5.74, 6) is 4.03. The molecular formula is C20H45NS. The van der Waals surface area contributed by atoms with Crippen LogP contribution in [0.3, 0.4) is 0 Å². The van der Waals surface area contributed by atoms with Crippen LogP contribution in [0.2, 0.25) is 0 Å². The molecule has 136 valence electrons. The van der Waals surface area contributed by atoms with Crippen LogP contribution in [0.5, 0.6) is 0 Å². The Balaban J connectivity index is 0. The molecule has 0 amide bonds. The van der Waals surface area contributed by atoms with Crippen molar-refractivity contribution in [1.29, 1.82) is 0 Å². The van der Waals surface area contributed by atoms with Gasteiger partial charge in [-0.05, 0) is 50.0 Å². The molecule has 3 atom stereocenters. The van der Waals surface area contributed by atoms with Crippen molar-refractivity contribution in [2.24, 2.45) is 23.7 Å². The topological polar surface area (TPSA) is 3.24 Å². The lowest BCUT2D eigenvalue weighted by Gasteiger charge is -2.15. The van der Waals surface area contributed by atoms with Crippen molar-refractivity contribution in [2.45, 2.75) is 86.5 Å². The van der Waals surface area contributed by atoms with Gasteiger partial charge in [-0.25, -0.2) is 0 Å². The van der Waals surface area contributed by atoms with Crippen LogP contribution in [0.15, 0.2) is 0 Å². The van der Waals surface area contributed by atoms with E-state index in [9.17, 15) is 0 Å². The zero-order valence-corrected chi connectivity index (χ0v) is 17.6. The lowest BCUT2D eigenvalue weighted by atomic mass is 9.91. The first-order valence-corrected chi connectivity index (χ1v) is 9.75. The average Bonchev–Trinajstić information content (AvgIpc) is 3.01. The molecule has 2 rings (SSSR count). The van der Waals surface area contributed by atoms with E-state index in [1.165, 1.54) is 58.0 Å². The van der Waals surface area contributed by atoms with Crippen molar-refractivity contribution in [3.8, 4) is 0 Å². The van der Waals surface area contributed by atoms with Gasteiger partial charge in [0.2, 0.25) is 0 Å². The van der Waals surface area contributed by atoms with E-state index in [1.54, 1.807) is 0 Å². The molecule has 22 heavy (non-hydrogen) atoms. The van der Waals surface area contributed by atoms with Crippen LogP contribution in [0.1, 0.15) is 86.5 Å². The number of nitrogens with zero attached hydrogens (tertiary/aromatic N) is 1. The standard InChI is InChI=1S/C10H22.C8H15N.C2H6.H2S/c1-5-7-10(6-2)8-9(3)4;1-9-5-7-3-2-4-8(7)6-9;1-2;/h9-10H,5-8H2,1-4H3;7-8H,2-6H2,1H3;1-2H3;1H2. The van der Waals surface area contributed by atoms with E-state index in [2.05, 4.69) is 39.6 Å². The SMILES string of the molecule is CC.CCCC(CC)CC(C)C.CN1CC2CCCC2C1.S. The average molecular weight is 332 g/mol. The Labute approximate surface area is 149 Å². The fourth-order valence-electron chi connectivity index (χ4n) is 4.03. The van der Waals surface area contributed by atoms with Crippen molar-refractivity contribution in [2.75, 3.05) is 20.1 Å². The highest BCUT2D eigenvalue weighted by molar-refractivity contribution is 7.59. The molecule has 0 aromatic heterocycles. The quantitative estimate of drug-likeness (QED) is 0.567. The molecule has 1 saturated heterocycles. The summed E-state index contributed by atoms with van der Waals surface area (Å²) < 4.78 is 0. The minimum atomic E-state index is 0. The van der Waals surface area contributed by atoms with Gasteiger partial charge in [-0.1, -0.05) is 67.2 Å². The van der Waals surface area contributed by atoms with Crippen molar-refractivity contribution in [1.82, 2.24) is 4.90 Å². The van der Waals surface area contributed by atoms with Gasteiger partial charge in [-0.2, -0.15) is 13.5 Å². The lowest BCUT2D eigenvalue weighted by Crippen LogP contribution is -2.14. The molecule has 2 aliphatic rings. The lowest BCUT2D eigenvalue weighted by molar-refractivity contribution is 0.373. The normalized spacial score (nSPS) is 24.5. The number of rotatable bonds is 5. The van der Waals surface area contributed by atoms with Gasteiger partial charge in [0.1, 0.15) is 0 Å². The molecule has 2 fully saturated rings. The van der Waals surface area contributed by atoms with E-state index in [4.69, 9.17) is 0 Å². The zero-order chi connectivity index (χ0) is 16.3. The van der Waals surface area contributed by atoms with E-state index < -0.39 is 0 Å². The summed E-state index contributed by atoms with van der Waals surface area (Å²) in [5.41, 5.74) is 0. The molecule has 1 saturated carbocycles. The molecule has 0 spiro atoms. The number of likely N-dealkylation sites (tertiary alicyclic amines) is 1. The first-order chi connectivity index (χ1) is 10.1. The number of hydrogen-bond acceptors (Lipinski definition) is 1. The van der Waals surface area contributed by atoms with E-state index in [-0.39, 0.29) is 13.5 Å². The second-order valence-corrected chi connectivity index (χ2v) is 7.36. The highest BCUT2D eigenvalue weighted by Crippen LogP contribution is 2.36. The van der Waals surface area contributed by atoms with Crippen molar-refractivity contribution >= 4 is 13.5 Å². The van der Waals surface area contributed by atoms with Gasteiger partial charge in [0.05, 0.1) is 0 Å². The van der Waals surface area contributed by atoms with Gasteiger partial charge in [-0.15, -0.1) is 0 Å². The number of fused-ring (bicyclic) bond motifs is 1.